The fourth-order valence-electron chi connectivity index (χ4n) is 4.44. The predicted octanol–water partition coefficient (Wildman–Crippen LogP) is 2.91. The van der Waals surface area contributed by atoms with Crippen LogP contribution >= 0.6 is 0 Å². The fourth-order valence-corrected chi connectivity index (χ4v) is 4.44. The molecule has 1 aromatic carbocycles. The number of amides is 1. The third kappa shape index (κ3) is 4.03. The summed E-state index contributed by atoms with van der Waals surface area (Å²) >= 11 is 0. The summed E-state index contributed by atoms with van der Waals surface area (Å²) in [4.78, 5) is 13.8. The van der Waals surface area contributed by atoms with Crippen LogP contribution in [0, 0.1) is 0 Å². The van der Waals surface area contributed by atoms with E-state index in [0.29, 0.717) is 42.8 Å². The van der Waals surface area contributed by atoms with Crippen molar-refractivity contribution in [2.75, 3.05) is 20.6 Å². The van der Waals surface area contributed by atoms with Crippen molar-refractivity contribution in [2.24, 2.45) is 0 Å². The molecule has 1 unspecified atom stereocenters. The van der Waals surface area contributed by atoms with Gasteiger partial charge in [0.05, 0.1) is 12.2 Å². The second kappa shape index (κ2) is 7.48. The number of halogens is 3. The zero-order valence-corrected chi connectivity index (χ0v) is 16.6. The van der Waals surface area contributed by atoms with Crippen LogP contribution in [-0.4, -0.2) is 47.3 Å². The van der Waals surface area contributed by atoms with Crippen molar-refractivity contribution >= 4 is 5.91 Å². The van der Waals surface area contributed by atoms with E-state index in [1.807, 2.05) is 37.2 Å². The van der Waals surface area contributed by atoms with Gasteiger partial charge in [-0.1, -0.05) is 6.07 Å². The molecule has 2 aliphatic carbocycles. The monoisotopic (exact) mass is 406 g/mol. The number of nitrogens with one attached hydrogen (secondary N) is 1. The van der Waals surface area contributed by atoms with Crippen molar-refractivity contribution in [3.05, 3.63) is 46.3 Å². The Morgan fingerprint density at radius 1 is 1.21 bits per heavy atom. The summed E-state index contributed by atoms with van der Waals surface area (Å²) < 4.78 is 41.9. The molecule has 0 saturated carbocycles. The fraction of sp³-hybridized carbons (Fsp3) is 0.524. The van der Waals surface area contributed by atoms with E-state index in [9.17, 15) is 18.0 Å². The van der Waals surface area contributed by atoms with Gasteiger partial charge < -0.3 is 10.2 Å². The number of likely N-dealkylation sites (N-methyl/N-ethyl adjacent to an activating group) is 1. The van der Waals surface area contributed by atoms with Crippen LogP contribution < -0.4 is 5.32 Å². The van der Waals surface area contributed by atoms with E-state index in [-0.39, 0.29) is 11.9 Å². The maximum absolute atomic E-state index is 13.5. The third-order valence-electron chi connectivity index (χ3n) is 5.64. The van der Waals surface area contributed by atoms with Gasteiger partial charge in [0.15, 0.2) is 5.69 Å². The Labute approximate surface area is 167 Å². The Hall–Kier alpha value is -2.35. The van der Waals surface area contributed by atoms with Gasteiger partial charge in [0.25, 0.3) is 0 Å². The Kier molecular flexibility index (Phi) is 5.14. The van der Waals surface area contributed by atoms with E-state index in [2.05, 4.69) is 10.4 Å². The molecular formula is C21H25F3N4O. The minimum atomic E-state index is -4.44. The highest BCUT2D eigenvalue weighted by Gasteiger charge is 2.39. The predicted molar refractivity (Wildman–Crippen MR) is 103 cm³/mol. The first-order chi connectivity index (χ1) is 13.7. The molecule has 0 saturated heterocycles. The number of hydrogen-bond donors (Lipinski definition) is 1. The Morgan fingerprint density at radius 3 is 2.66 bits per heavy atom. The van der Waals surface area contributed by atoms with Crippen LogP contribution in [0.15, 0.2) is 18.2 Å². The lowest BCUT2D eigenvalue weighted by Crippen LogP contribution is -2.40. The van der Waals surface area contributed by atoms with Gasteiger partial charge in [-0.2, -0.15) is 18.3 Å². The van der Waals surface area contributed by atoms with Crippen molar-refractivity contribution in [3.8, 4) is 5.69 Å². The van der Waals surface area contributed by atoms with Gasteiger partial charge >= 0.3 is 6.18 Å². The van der Waals surface area contributed by atoms with Crippen molar-refractivity contribution in [1.82, 2.24) is 20.0 Å². The smallest absolute Gasteiger partial charge is 0.352 e. The number of carbonyl (C=O) groups is 1. The van der Waals surface area contributed by atoms with Crippen LogP contribution in [0.1, 0.15) is 40.9 Å². The molecule has 0 aliphatic heterocycles. The summed E-state index contributed by atoms with van der Waals surface area (Å²) in [5, 5.41) is 7.01. The van der Waals surface area contributed by atoms with Crippen LogP contribution in [0.4, 0.5) is 13.2 Å². The average molecular weight is 406 g/mol. The molecule has 0 fully saturated rings. The zero-order valence-electron chi connectivity index (χ0n) is 16.6. The van der Waals surface area contributed by atoms with E-state index in [1.54, 1.807) is 0 Å². The van der Waals surface area contributed by atoms with Crippen LogP contribution in [-0.2, 0) is 36.7 Å². The summed E-state index contributed by atoms with van der Waals surface area (Å²) in [6, 6.07) is 5.73. The maximum atomic E-state index is 13.5. The maximum Gasteiger partial charge on any atom is 0.435 e. The minimum absolute atomic E-state index is 0.0185. The summed E-state index contributed by atoms with van der Waals surface area (Å²) in [6.45, 7) is 0.331. The van der Waals surface area contributed by atoms with Gasteiger partial charge in [0, 0.05) is 17.3 Å². The highest BCUT2D eigenvalue weighted by Crippen LogP contribution is 2.37. The standard InChI is InChI=1S/C21H25F3N4O/c1-27(2)12-19(29)25-15-9-13-7-8-16(11-14(13)10-15)28-18-6-4-3-5-17(18)20(26-28)21(22,23)24/h7-8,11,15H,3-6,9-10,12H2,1-2H3,(H,25,29). The Balaban J connectivity index is 1.60. The molecule has 1 atom stereocenters. The SMILES string of the molecule is CN(C)CC(=O)NC1Cc2ccc(-n3nc(C(F)(F)F)c4c3CCCC4)cc2C1. The quantitative estimate of drug-likeness (QED) is 0.850. The van der Waals surface area contributed by atoms with Gasteiger partial charge in [-0.3, -0.25) is 4.79 Å². The molecule has 5 nitrogen and oxygen atoms in total. The molecule has 1 N–H and O–H groups in total. The second-order valence-corrected chi connectivity index (χ2v) is 8.25. The highest BCUT2D eigenvalue weighted by atomic mass is 19.4. The van der Waals surface area contributed by atoms with E-state index < -0.39 is 11.9 Å². The zero-order chi connectivity index (χ0) is 20.8. The second-order valence-electron chi connectivity index (χ2n) is 8.25. The highest BCUT2D eigenvalue weighted by molar-refractivity contribution is 5.78. The molecule has 0 spiro atoms. The normalized spacial score (nSPS) is 18.6. The molecule has 156 valence electrons. The molecule has 0 radical (unpaired) electrons. The number of rotatable bonds is 4. The summed E-state index contributed by atoms with van der Waals surface area (Å²) in [6.07, 6.45) is -0.349. The van der Waals surface area contributed by atoms with Crippen LogP contribution in [0.2, 0.25) is 0 Å². The van der Waals surface area contributed by atoms with Crippen molar-refractivity contribution in [1.29, 1.82) is 0 Å². The molecule has 1 heterocycles. The van der Waals surface area contributed by atoms with E-state index in [0.717, 1.165) is 30.4 Å². The molecule has 0 bridgehead atoms. The average Bonchev–Trinajstić information content (AvgIpc) is 3.20. The molecule has 2 aromatic rings. The minimum Gasteiger partial charge on any atom is -0.352 e. The lowest BCUT2D eigenvalue weighted by atomic mass is 9.95. The topological polar surface area (TPSA) is 50.2 Å². The van der Waals surface area contributed by atoms with Crippen molar-refractivity contribution in [3.63, 3.8) is 0 Å². The number of hydrogen-bond acceptors (Lipinski definition) is 3. The first kappa shape index (κ1) is 19.9. The first-order valence-electron chi connectivity index (χ1n) is 9.96. The van der Waals surface area contributed by atoms with Crippen molar-refractivity contribution < 1.29 is 18.0 Å². The van der Waals surface area contributed by atoms with Crippen molar-refractivity contribution in [2.45, 2.75) is 50.7 Å². The number of nitrogens with zero attached hydrogens (tertiary/aromatic N) is 3. The Bertz CT molecular complexity index is 933. The molecule has 4 rings (SSSR count). The van der Waals surface area contributed by atoms with E-state index in [1.165, 1.54) is 4.68 Å². The van der Waals surface area contributed by atoms with Crippen LogP contribution in [0.5, 0.6) is 0 Å². The number of carbonyl (C=O) groups excluding carboxylic acids is 1. The molecular weight excluding hydrogens is 381 g/mol. The van der Waals surface area contributed by atoms with Gasteiger partial charge in [0.2, 0.25) is 5.91 Å². The van der Waals surface area contributed by atoms with E-state index >= 15 is 0 Å². The third-order valence-corrected chi connectivity index (χ3v) is 5.64. The largest absolute Gasteiger partial charge is 0.435 e. The van der Waals surface area contributed by atoms with Crippen LogP contribution in [0.3, 0.4) is 0 Å². The number of benzene rings is 1. The number of alkyl halides is 3. The molecule has 1 aromatic heterocycles. The van der Waals surface area contributed by atoms with E-state index in [4.69, 9.17) is 0 Å². The van der Waals surface area contributed by atoms with Gasteiger partial charge in [-0.25, -0.2) is 4.68 Å². The van der Waals surface area contributed by atoms with Crippen LogP contribution in [0.25, 0.3) is 5.69 Å². The molecule has 8 heteroatoms. The lowest BCUT2D eigenvalue weighted by Gasteiger charge is -2.15. The summed E-state index contributed by atoms with van der Waals surface area (Å²) in [7, 11) is 3.68. The summed E-state index contributed by atoms with van der Waals surface area (Å²) in [5.74, 6) is -0.0241. The molecule has 2 aliphatic rings. The molecule has 1 amide bonds. The van der Waals surface area contributed by atoms with Gasteiger partial charge in [-0.05, 0) is 75.9 Å². The molecule has 29 heavy (non-hydrogen) atoms. The van der Waals surface area contributed by atoms with Gasteiger partial charge in [-0.15, -0.1) is 0 Å². The summed E-state index contributed by atoms with van der Waals surface area (Å²) in [5.41, 5.74) is 3.13. The first-order valence-corrected chi connectivity index (χ1v) is 9.96. The number of aromatic nitrogens is 2. The Morgan fingerprint density at radius 2 is 1.93 bits per heavy atom. The lowest BCUT2D eigenvalue weighted by molar-refractivity contribution is -0.142. The van der Waals surface area contributed by atoms with Gasteiger partial charge in [0.1, 0.15) is 0 Å². The number of fused-ring (bicyclic) bond motifs is 2.